The Bertz CT molecular complexity index is 3080. The molecule has 1 aliphatic carbocycles. The molecule has 4 aromatic heterocycles. The Morgan fingerprint density at radius 3 is 2.41 bits per heavy atom. The van der Waals surface area contributed by atoms with Gasteiger partial charge in [0.2, 0.25) is 17.7 Å². The average molecular weight is 951 g/mol. The van der Waals surface area contributed by atoms with Crippen molar-refractivity contribution in [1.29, 1.82) is 0 Å². The quantitative estimate of drug-likeness (QED) is 0.159. The summed E-state index contributed by atoms with van der Waals surface area (Å²) in [5, 5.41) is 16.3. The zero-order valence-electron chi connectivity index (χ0n) is 42.4. The number of carbonyl (C=O) groups excluding carboxylic acids is 5. The third-order valence-electron chi connectivity index (χ3n) is 15.1. The number of anilines is 5. The molecule has 1 unspecified atom stereocenters. The monoisotopic (exact) mass is 950 g/mol. The highest BCUT2D eigenvalue weighted by molar-refractivity contribution is 6.23. The van der Waals surface area contributed by atoms with Crippen LogP contribution in [0.4, 0.5) is 28.7 Å². The van der Waals surface area contributed by atoms with Crippen LogP contribution in [0.1, 0.15) is 98.6 Å². The summed E-state index contributed by atoms with van der Waals surface area (Å²) < 4.78 is 31.0. The number of amides is 5. The summed E-state index contributed by atoms with van der Waals surface area (Å²) in [5.41, 5.74) is 7.29. The number of hydrogen-bond donors (Lipinski definition) is 3. The number of imide groups is 2. The lowest BCUT2D eigenvalue weighted by molar-refractivity contribution is -0.136. The van der Waals surface area contributed by atoms with Crippen molar-refractivity contribution in [3.63, 3.8) is 0 Å². The van der Waals surface area contributed by atoms with Crippen molar-refractivity contribution in [3.05, 3.63) is 101 Å². The summed E-state index contributed by atoms with van der Waals surface area (Å²) >= 11 is 0. The minimum absolute atomic E-state index is 0.0681. The second kappa shape index (κ2) is 17.7. The van der Waals surface area contributed by atoms with E-state index in [4.69, 9.17) is 13.8 Å². The highest BCUT2D eigenvalue weighted by Crippen LogP contribution is 2.41. The molecule has 5 aromatic rings. The van der Waals surface area contributed by atoms with Crippen LogP contribution in [0.5, 0.6) is 5.88 Å². The van der Waals surface area contributed by atoms with Crippen LogP contribution in [-0.4, -0.2) is 128 Å². The number of fused-ring (bicyclic) bond motifs is 4. The lowest BCUT2D eigenvalue weighted by Gasteiger charge is -2.46. The topological polar surface area (TPSA) is 199 Å². The Hall–Kier alpha value is -7.18. The molecule has 18 nitrogen and oxygen atoms in total. The molecule has 3 saturated heterocycles. The number of piperazine rings is 1. The summed E-state index contributed by atoms with van der Waals surface area (Å²) in [6.07, 6.45) is 8.69. The normalized spacial score (nSPS) is 22.3. The summed E-state index contributed by atoms with van der Waals surface area (Å²) in [5.74, 6) is -1.63. The molecule has 0 radical (unpaired) electrons. The van der Waals surface area contributed by atoms with E-state index in [1.165, 1.54) is 17.5 Å². The number of benzene rings is 1. The number of carbonyl (C=O) groups is 5. The molecule has 5 amide bonds. The molecule has 0 spiro atoms. The van der Waals surface area contributed by atoms with Crippen LogP contribution < -0.4 is 30.1 Å². The number of aromatic nitrogens is 4. The van der Waals surface area contributed by atoms with Gasteiger partial charge in [-0.25, -0.2) is 15.0 Å². The van der Waals surface area contributed by atoms with Gasteiger partial charge < -0.3 is 29.5 Å². The molecule has 362 valence electrons. The van der Waals surface area contributed by atoms with E-state index in [2.05, 4.69) is 60.6 Å². The predicted molar refractivity (Wildman–Crippen MR) is 261 cm³/mol. The van der Waals surface area contributed by atoms with Gasteiger partial charge in [-0.15, -0.1) is 0 Å². The number of aliphatic hydroxyl groups excluding tert-OH is 1. The standard InChI is InChI=1S/C52H57N11O7/c1-30-28-59(33-12-15-58(16-13-33)34-5-7-37-38(23-34)50(68)63(49(37)67)41-8-10-45(65)57-47(41)66)17-18-60(30)35-6-9-44(54-27-35)56-40-21-32(26-55-48(40)70-4)36-11-14-53-46(39(36)29-64)62-20-19-61-42(51(62)69)22-31-24-52(2,3)25-43(31)61/h5-7,9,11,14,21-23,26-27,30,33,41,64H,8,10,12-13,15-20,24-25,28-29H2,1-4H3,(H,54,56)(H,57,65,66)/t30-,41?/m0/s1/i4D3. The maximum atomic E-state index is 14.0. The molecule has 2 atom stereocenters. The number of nitrogens with one attached hydrogen (secondary N) is 2. The molecular formula is C52H57N11O7. The smallest absolute Gasteiger partial charge is 0.276 e. The molecule has 6 aliphatic rings. The summed E-state index contributed by atoms with van der Waals surface area (Å²) in [6.45, 7) is 11.3. The van der Waals surface area contributed by atoms with Crippen molar-refractivity contribution in [2.24, 2.45) is 5.41 Å². The van der Waals surface area contributed by atoms with Gasteiger partial charge in [-0.05, 0) is 104 Å². The van der Waals surface area contributed by atoms with Crippen LogP contribution in [0, 0.1) is 5.41 Å². The van der Waals surface area contributed by atoms with E-state index < -0.39 is 43.3 Å². The van der Waals surface area contributed by atoms with E-state index in [-0.39, 0.29) is 52.9 Å². The Kier molecular flexibility index (Phi) is 10.5. The van der Waals surface area contributed by atoms with E-state index in [1.54, 1.807) is 41.6 Å². The van der Waals surface area contributed by atoms with Gasteiger partial charge in [0.1, 0.15) is 29.1 Å². The first-order valence-electron chi connectivity index (χ1n) is 25.6. The van der Waals surface area contributed by atoms with Crippen molar-refractivity contribution in [2.45, 2.75) is 90.6 Å². The second-order valence-corrected chi connectivity index (χ2v) is 20.1. The van der Waals surface area contributed by atoms with Crippen molar-refractivity contribution >= 4 is 58.2 Å². The van der Waals surface area contributed by atoms with Gasteiger partial charge in [-0.2, -0.15) is 0 Å². The number of nitrogens with zero attached hydrogens (tertiary/aromatic N) is 9. The number of rotatable bonds is 10. The Labute approximate surface area is 409 Å². The first kappa shape index (κ1) is 41.8. The maximum Gasteiger partial charge on any atom is 0.276 e. The number of methoxy groups -OCH3 is 1. The van der Waals surface area contributed by atoms with Gasteiger partial charge in [0.05, 0.1) is 40.8 Å². The van der Waals surface area contributed by atoms with E-state index in [9.17, 15) is 29.1 Å². The number of piperidine rings is 2. The fourth-order valence-corrected chi connectivity index (χ4v) is 11.6. The molecule has 11 rings (SSSR count). The van der Waals surface area contributed by atoms with E-state index in [1.807, 2.05) is 24.3 Å². The largest absolute Gasteiger partial charge is 0.480 e. The van der Waals surface area contributed by atoms with Gasteiger partial charge in [0, 0.05) is 99.2 Å². The van der Waals surface area contributed by atoms with Crippen molar-refractivity contribution in [3.8, 4) is 17.0 Å². The number of pyridine rings is 3. The Morgan fingerprint density at radius 1 is 0.843 bits per heavy atom. The fraction of sp³-hybridized carbons (Fsp3) is 0.423. The van der Waals surface area contributed by atoms with Crippen molar-refractivity contribution in [2.75, 3.05) is 66.3 Å². The van der Waals surface area contributed by atoms with E-state index in [0.717, 1.165) is 74.7 Å². The van der Waals surface area contributed by atoms with Crippen LogP contribution >= 0.6 is 0 Å². The van der Waals surface area contributed by atoms with Crippen LogP contribution in [0.3, 0.4) is 0 Å². The molecule has 70 heavy (non-hydrogen) atoms. The van der Waals surface area contributed by atoms with Crippen molar-refractivity contribution < 1.29 is 37.9 Å². The molecular weight excluding hydrogens is 891 g/mol. The van der Waals surface area contributed by atoms with Gasteiger partial charge >= 0.3 is 0 Å². The molecule has 18 heteroatoms. The summed E-state index contributed by atoms with van der Waals surface area (Å²) in [4.78, 5) is 88.5. The molecule has 3 N–H and O–H groups in total. The fourth-order valence-electron chi connectivity index (χ4n) is 11.6. The third-order valence-corrected chi connectivity index (χ3v) is 15.1. The Balaban J connectivity index is 0.738. The zero-order chi connectivity index (χ0) is 51.1. The number of aliphatic hydroxyl groups is 1. The van der Waals surface area contributed by atoms with Crippen molar-refractivity contribution in [1.82, 2.24) is 34.6 Å². The number of ether oxygens (including phenoxy) is 1. The van der Waals surface area contributed by atoms with Crippen LogP contribution in [0.15, 0.2) is 67.1 Å². The maximum absolute atomic E-state index is 14.0. The van der Waals surface area contributed by atoms with Gasteiger partial charge in [0.15, 0.2) is 0 Å². The zero-order valence-corrected chi connectivity index (χ0v) is 39.4. The molecule has 5 aliphatic heterocycles. The third kappa shape index (κ3) is 7.92. The average Bonchev–Trinajstić information content (AvgIpc) is 3.95. The van der Waals surface area contributed by atoms with E-state index >= 15 is 0 Å². The van der Waals surface area contributed by atoms with E-state index in [0.29, 0.717) is 53.2 Å². The van der Waals surface area contributed by atoms with Crippen LogP contribution in [0.2, 0.25) is 0 Å². The lowest BCUT2D eigenvalue weighted by atomic mass is 9.90. The first-order chi connectivity index (χ1) is 34.9. The van der Waals surface area contributed by atoms with Gasteiger partial charge in [0.25, 0.3) is 17.7 Å². The molecule has 0 bridgehead atoms. The number of hydrogen-bond acceptors (Lipinski definition) is 14. The molecule has 0 saturated carbocycles. The lowest BCUT2D eigenvalue weighted by Crippen LogP contribution is -2.57. The summed E-state index contributed by atoms with van der Waals surface area (Å²) in [6, 6.07) is 14.0. The second-order valence-electron chi connectivity index (χ2n) is 20.1. The minimum Gasteiger partial charge on any atom is -0.480 e. The SMILES string of the molecule is [2H]C([2H])([2H])Oc1ncc(-c2ccnc(N3CCn4c(cc5c4CC(C)(C)C5)C3=O)c2CO)cc1Nc1ccc(N2CCN(C3CCN(c4ccc5c(c4)C(=O)N(C4CCC(=O)NC4=O)C5=O)CC3)C[C@@H]2C)cn1. The Morgan fingerprint density at radius 2 is 1.66 bits per heavy atom. The minimum atomic E-state index is -2.79. The van der Waals surface area contributed by atoms with Crippen LogP contribution in [-0.2, 0) is 35.6 Å². The summed E-state index contributed by atoms with van der Waals surface area (Å²) in [7, 11) is -2.79. The molecule has 1 aromatic carbocycles. The van der Waals surface area contributed by atoms with Crippen LogP contribution in [0.25, 0.3) is 11.1 Å². The highest BCUT2D eigenvalue weighted by Gasteiger charge is 2.45. The van der Waals surface area contributed by atoms with Gasteiger partial charge in [-0.3, -0.25) is 44.0 Å². The van der Waals surface area contributed by atoms with Gasteiger partial charge in [-0.1, -0.05) is 13.8 Å². The molecule has 9 heterocycles. The predicted octanol–water partition coefficient (Wildman–Crippen LogP) is 4.95. The molecule has 3 fully saturated rings. The highest BCUT2D eigenvalue weighted by atomic mass is 16.5. The first-order valence-corrected chi connectivity index (χ1v) is 24.1.